The molecule has 1 rings (SSSR count). The molecule has 7 nitrogen and oxygen atoms in total. The standard InChI is InChI=1S/C35H59NO6/c1-2-3-4-5-6-13-21-30-41-34(39)25-18-10-8-12-20-28-36(27-19-11-7-9-17-24-33(37)38)29-26-35(40)42-31-32-22-15-14-16-23-32/h14-16,22-23H,2-13,17-21,24-31H2,1H3,(H,37,38). The van der Waals surface area contributed by atoms with E-state index >= 15 is 0 Å². The molecule has 0 unspecified atom stereocenters. The van der Waals surface area contributed by atoms with Crippen molar-refractivity contribution >= 4 is 17.9 Å². The van der Waals surface area contributed by atoms with E-state index in [1.165, 1.54) is 32.1 Å². The van der Waals surface area contributed by atoms with E-state index in [0.717, 1.165) is 95.7 Å². The molecule has 0 saturated carbocycles. The van der Waals surface area contributed by atoms with E-state index in [2.05, 4.69) is 11.8 Å². The van der Waals surface area contributed by atoms with Crippen LogP contribution in [0.1, 0.15) is 141 Å². The third-order valence-corrected chi connectivity index (χ3v) is 7.61. The second kappa shape index (κ2) is 27.4. The monoisotopic (exact) mass is 589 g/mol. The Morgan fingerprint density at radius 1 is 0.595 bits per heavy atom. The third-order valence-electron chi connectivity index (χ3n) is 7.61. The highest BCUT2D eigenvalue weighted by Gasteiger charge is 2.10. The van der Waals surface area contributed by atoms with Crippen molar-refractivity contribution in [3.63, 3.8) is 0 Å². The van der Waals surface area contributed by atoms with E-state index in [1.807, 2.05) is 30.3 Å². The second-order valence-corrected chi connectivity index (χ2v) is 11.5. The van der Waals surface area contributed by atoms with Crippen LogP contribution in [0.4, 0.5) is 0 Å². The van der Waals surface area contributed by atoms with Crippen molar-refractivity contribution in [3.05, 3.63) is 35.9 Å². The number of carbonyl (C=O) groups excluding carboxylic acids is 2. The molecule has 0 spiro atoms. The summed E-state index contributed by atoms with van der Waals surface area (Å²) >= 11 is 0. The summed E-state index contributed by atoms with van der Waals surface area (Å²) in [5, 5.41) is 8.78. The summed E-state index contributed by atoms with van der Waals surface area (Å²) in [6.45, 7) is 5.68. The number of aliphatic carboxylic acids is 1. The molecular formula is C35H59NO6. The number of carbonyl (C=O) groups is 3. The van der Waals surface area contributed by atoms with Gasteiger partial charge in [0.05, 0.1) is 13.0 Å². The van der Waals surface area contributed by atoms with Crippen LogP contribution in [0, 0.1) is 0 Å². The summed E-state index contributed by atoms with van der Waals surface area (Å²) in [5.74, 6) is -0.954. The first kappa shape index (κ1) is 37.6. The quantitative estimate of drug-likeness (QED) is 0.0740. The van der Waals surface area contributed by atoms with Gasteiger partial charge in [0.25, 0.3) is 0 Å². The molecule has 0 aliphatic heterocycles. The van der Waals surface area contributed by atoms with E-state index < -0.39 is 5.97 Å². The summed E-state index contributed by atoms with van der Waals surface area (Å²) in [7, 11) is 0. The highest BCUT2D eigenvalue weighted by molar-refractivity contribution is 5.69. The molecule has 0 radical (unpaired) electrons. The van der Waals surface area contributed by atoms with E-state index in [1.54, 1.807) is 0 Å². The molecule has 42 heavy (non-hydrogen) atoms. The Balaban J connectivity index is 2.18. The lowest BCUT2D eigenvalue weighted by Gasteiger charge is -2.22. The van der Waals surface area contributed by atoms with E-state index in [4.69, 9.17) is 14.6 Å². The predicted octanol–water partition coefficient (Wildman–Crippen LogP) is 8.48. The molecule has 0 amide bonds. The fraction of sp³-hybridized carbons (Fsp3) is 0.743. The van der Waals surface area contributed by atoms with Gasteiger partial charge in [0, 0.05) is 19.4 Å². The number of unbranched alkanes of at least 4 members (excludes halogenated alkanes) is 14. The van der Waals surface area contributed by atoms with Gasteiger partial charge in [-0.15, -0.1) is 0 Å². The molecule has 0 aliphatic rings. The third kappa shape index (κ3) is 24.2. The van der Waals surface area contributed by atoms with Crippen LogP contribution in [0.3, 0.4) is 0 Å². The normalized spacial score (nSPS) is 11.1. The fourth-order valence-electron chi connectivity index (χ4n) is 4.99. The van der Waals surface area contributed by atoms with Crippen LogP contribution in [0.15, 0.2) is 30.3 Å². The van der Waals surface area contributed by atoms with Crippen LogP contribution in [-0.4, -0.2) is 54.2 Å². The molecule has 7 heteroatoms. The fourth-order valence-corrected chi connectivity index (χ4v) is 4.99. The topological polar surface area (TPSA) is 93.1 Å². The highest BCUT2D eigenvalue weighted by atomic mass is 16.5. The minimum absolute atomic E-state index is 0.0609. The summed E-state index contributed by atoms with van der Waals surface area (Å²) in [6.07, 6.45) is 19.7. The first-order valence-electron chi connectivity index (χ1n) is 16.8. The van der Waals surface area contributed by atoms with Crippen molar-refractivity contribution in [2.45, 2.75) is 142 Å². The first-order valence-corrected chi connectivity index (χ1v) is 16.8. The van der Waals surface area contributed by atoms with Crippen molar-refractivity contribution in [2.75, 3.05) is 26.2 Å². The van der Waals surface area contributed by atoms with Crippen LogP contribution in [0.5, 0.6) is 0 Å². The van der Waals surface area contributed by atoms with Gasteiger partial charge in [0.1, 0.15) is 6.61 Å². The van der Waals surface area contributed by atoms with Gasteiger partial charge in [-0.25, -0.2) is 0 Å². The Kier molecular flexibility index (Phi) is 24.6. The number of carboxylic acid groups (broad SMARTS) is 1. The molecule has 0 saturated heterocycles. The van der Waals surface area contributed by atoms with Gasteiger partial charge in [-0.3, -0.25) is 14.4 Å². The summed E-state index contributed by atoms with van der Waals surface area (Å²) in [5.41, 5.74) is 0.993. The smallest absolute Gasteiger partial charge is 0.307 e. The Morgan fingerprint density at radius 3 is 1.74 bits per heavy atom. The molecular weight excluding hydrogens is 530 g/mol. The summed E-state index contributed by atoms with van der Waals surface area (Å²) < 4.78 is 10.8. The maximum Gasteiger partial charge on any atom is 0.307 e. The van der Waals surface area contributed by atoms with Crippen LogP contribution in [-0.2, 0) is 30.5 Å². The zero-order chi connectivity index (χ0) is 30.5. The molecule has 0 atom stereocenters. The number of rotatable bonds is 29. The molecule has 0 aromatic heterocycles. The number of hydrogen-bond donors (Lipinski definition) is 1. The zero-order valence-corrected chi connectivity index (χ0v) is 26.5. The number of ether oxygens (including phenoxy) is 2. The predicted molar refractivity (Wildman–Crippen MR) is 169 cm³/mol. The molecule has 0 fully saturated rings. The van der Waals surface area contributed by atoms with Crippen molar-refractivity contribution < 1.29 is 29.0 Å². The largest absolute Gasteiger partial charge is 0.481 e. The Hall–Kier alpha value is -2.41. The molecule has 1 aromatic carbocycles. The van der Waals surface area contributed by atoms with Crippen molar-refractivity contribution in [2.24, 2.45) is 0 Å². The lowest BCUT2D eigenvalue weighted by molar-refractivity contribution is -0.145. The van der Waals surface area contributed by atoms with Gasteiger partial charge >= 0.3 is 17.9 Å². The van der Waals surface area contributed by atoms with Crippen molar-refractivity contribution in [1.82, 2.24) is 4.90 Å². The molecule has 0 bridgehead atoms. The number of hydrogen-bond acceptors (Lipinski definition) is 6. The number of carboxylic acids is 1. The highest BCUT2D eigenvalue weighted by Crippen LogP contribution is 2.12. The molecule has 240 valence electrons. The van der Waals surface area contributed by atoms with Gasteiger partial charge in [0.2, 0.25) is 0 Å². The van der Waals surface area contributed by atoms with Gasteiger partial charge in [-0.05, 0) is 50.8 Å². The van der Waals surface area contributed by atoms with E-state index in [9.17, 15) is 14.4 Å². The lowest BCUT2D eigenvalue weighted by Crippen LogP contribution is -2.29. The Labute approximate surface area is 255 Å². The zero-order valence-electron chi connectivity index (χ0n) is 26.5. The van der Waals surface area contributed by atoms with Crippen molar-refractivity contribution in [1.29, 1.82) is 0 Å². The van der Waals surface area contributed by atoms with Gasteiger partial charge in [0.15, 0.2) is 0 Å². The molecule has 1 aromatic rings. The van der Waals surface area contributed by atoms with E-state index in [-0.39, 0.29) is 18.4 Å². The maximum atomic E-state index is 12.3. The Bertz CT molecular complexity index is 800. The van der Waals surface area contributed by atoms with Gasteiger partial charge < -0.3 is 19.5 Å². The van der Waals surface area contributed by atoms with Crippen LogP contribution in [0.25, 0.3) is 0 Å². The molecule has 0 aliphatic carbocycles. The van der Waals surface area contributed by atoms with Crippen LogP contribution < -0.4 is 0 Å². The van der Waals surface area contributed by atoms with E-state index in [0.29, 0.717) is 32.6 Å². The second-order valence-electron chi connectivity index (χ2n) is 11.5. The summed E-state index contributed by atoms with van der Waals surface area (Å²) in [6, 6.07) is 9.74. The average Bonchev–Trinajstić information content (AvgIpc) is 2.99. The van der Waals surface area contributed by atoms with Crippen LogP contribution in [0.2, 0.25) is 0 Å². The van der Waals surface area contributed by atoms with Gasteiger partial charge in [-0.1, -0.05) is 114 Å². The average molecular weight is 590 g/mol. The Morgan fingerprint density at radius 2 is 1.12 bits per heavy atom. The van der Waals surface area contributed by atoms with Gasteiger partial charge in [-0.2, -0.15) is 0 Å². The number of nitrogens with zero attached hydrogens (tertiary/aromatic N) is 1. The molecule has 1 N–H and O–H groups in total. The number of benzene rings is 1. The lowest BCUT2D eigenvalue weighted by atomic mass is 10.1. The van der Waals surface area contributed by atoms with Crippen molar-refractivity contribution in [3.8, 4) is 0 Å². The van der Waals surface area contributed by atoms with Crippen LogP contribution >= 0.6 is 0 Å². The maximum absolute atomic E-state index is 12.3. The first-order chi connectivity index (χ1) is 20.5. The SMILES string of the molecule is CCCCCCCCCOC(=O)CCCCCCCN(CCCCCCCC(=O)O)CCC(=O)OCc1ccccc1. The number of esters is 2. The summed E-state index contributed by atoms with van der Waals surface area (Å²) in [4.78, 5) is 37.3. The molecule has 0 heterocycles. The minimum atomic E-state index is -0.723. The minimum Gasteiger partial charge on any atom is -0.481 e.